The van der Waals surface area contributed by atoms with Crippen molar-refractivity contribution in [2.75, 3.05) is 13.1 Å². The lowest BCUT2D eigenvalue weighted by atomic mass is 9.82. The molecular formula is C21H36N2O5. The van der Waals surface area contributed by atoms with Gasteiger partial charge in [0.2, 0.25) is 0 Å². The second-order valence-electron chi connectivity index (χ2n) is 9.83. The summed E-state index contributed by atoms with van der Waals surface area (Å²) < 4.78 is 11.1. The van der Waals surface area contributed by atoms with Crippen molar-refractivity contribution in [1.29, 1.82) is 0 Å². The molecule has 2 aliphatic rings. The van der Waals surface area contributed by atoms with Crippen LogP contribution in [0, 0.1) is 11.8 Å². The van der Waals surface area contributed by atoms with E-state index in [0.29, 0.717) is 12.8 Å². The first kappa shape index (κ1) is 22.8. The predicted octanol–water partition coefficient (Wildman–Crippen LogP) is 1.98. The molecule has 2 N–H and O–H groups in total. The van der Waals surface area contributed by atoms with Crippen molar-refractivity contribution in [3.8, 4) is 0 Å². The van der Waals surface area contributed by atoms with Gasteiger partial charge in [-0.05, 0) is 80.3 Å². The number of esters is 2. The fourth-order valence-electron chi connectivity index (χ4n) is 3.87. The molecule has 28 heavy (non-hydrogen) atoms. The zero-order valence-corrected chi connectivity index (χ0v) is 18.1. The van der Waals surface area contributed by atoms with Crippen LogP contribution >= 0.6 is 0 Å². The highest BCUT2D eigenvalue weighted by Gasteiger charge is 2.48. The van der Waals surface area contributed by atoms with Crippen LogP contribution in [0.2, 0.25) is 0 Å². The summed E-state index contributed by atoms with van der Waals surface area (Å²) in [6, 6.07) is -0.623. The van der Waals surface area contributed by atoms with Gasteiger partial charge in [0.1, 0.15) is 23.0 Å². The molecule has 2 fully saturated rings. The summed E-state index contributed by atoms with van der Waals surface area (Å²) in [6.07, 6.45) is 3.18. The average molecular weight is 397 g/mol. The molecule has 2 aliphatic heterocycles. The van der Waals surface area contributed by atoms with Gasteiger partial charge in [0.15, 0.2) is 5.78 Å². The number of rotatable bonds is 6. The van der Waals surface area contributed by atoms with Crippen molar-refractivity contribution >= 4 is 17.7 Å². The minimum Gasteiger partial charge on any atom is -0.459 e. The van der Waals surface area contributed by atoms with Crippen molar-refractivity contribution in [2.24, 2.45) is 11.8 Å². The third-order valence-electron chi connectivity index (χ3n) is 4.94. The normalized spacial score (nSPS) is 25.2. The van der Waals surface area contributed by atoms with E-state index in [2.05, 4.69) is 10.6 Å². The van der Waals surface area contributed by atoms with E-state index in [0.717, 1.165) is 25.9 Å². The van der Waals surface area contributed by atoms with Gasteiger partial charge < -0.3 is 20.1 Å². The maximum absolute atomic E-state index is 13.6. The largest absolute Gasteiger partial charge is 0.459 e. The quantitative estimate of drug-likeness (QED) is 0.524. The summed E-state index contributed by atoms with van der Waals surface area (Å²) in [5, 5.41) is 6.49. The van der Waals surface area contributed by atoms with Crippen LogP contribution in [-0.2, 0) is 23.9 Å². The second-order valence-corrected chi connectivity index (χ2v) is 9.83. The van der Waals surface area contributed by atoms with Gasteiger partial charge in [-0.3, -0.25) is 14.4 Å². The summed E-state index contributed by atoms with van der Waals surface area (Å²) in [5.74, 6) is -3.56. The van der Waals surface area contributed by atoms with Crippen LogP contribution in [0.3, 0.4) is 0 Å². The molecule has 7 heteroatoms. The molecule has 2 rings (SSSR count). The Morgan fingerprint density at radius 2 is 1.11 bits per heavy atom. The third kappa shape index (κ3) is 6.27. The van der Waals surface area contributed by atoms with Crippen molar-refractivity contribution < 1.29 is 23.9 Å². The fraction of sp³-hybridized carbons (Fsp3) is 0.857. The third-order valence-corrected chi connectivity index (χ3v) is 4.94. The maximum Gasteiger partial charge on any atom is 0.318 e. The molecule has 0 spiro atoms. The topological polar surface area (TPSA) is 93.7 Å². The number of ketones is 1. The van der Waals surface area contributed by atoms with Crippen LogP contribution in [0.4, 0.5) is 0 Å². The SMILES string of the molecule is CC(C)(C)OC(=O)[C@H](C(=O)[C@@H](C(=O)OC(C)(C)C)C1CCCN1)C1CCCN1. The number of hydrogen-bond donors (Lipinski definition) is 2. The monoisotopic (exact) mass is 396 g/mol. The smallest absolute Gasteiger partial charge is 0.318 e. The molecule has 0 aromatic carbocycles. The zero-order valence-electron chi connectivity index (χ0n) is 18.1. The first-order chi connectivity index (χ1) is 12.9. The summed E-state index contributed by atoms with van der Waals surface area (Å²) >= 11 is 0. The van der Waals surface area contributed by atoms with E-state index in [1.165, 1.54) is 0 Å². The number of Topliss-reactive ketones (excluding diaryl/α,β-unsaturated/α-hetero) is 1. The minimum atomic E-state index is -1.01. The van der Waals surface area contributed by atoms with Gasteiger partial charge in [-0.15, -0.1) is 0 Å². The minimum absolute atomic E-state index is 0.311. The fourth-order valence-corrected chi connectivity index (χ4v) is 3.87. The molecule has 7 nitrogen and oxygen atoms in total. The number of carbonyl (C=O) groups is 3. The lowest BCUT2D eigenvalue weighted by molar-refractivity contribution is -0.168. The molecule has 160 valence electrons. The molecule has 0 aromatic heterocycles. The molecule has 0 bridgehead atoms. The van der Waals surface area contributed by atoms with E-state index in [9.17, 15) is 14.4 Å². The molecule has 0 aliphatic carbocycles. The number of carbonyl (C=O) groups excluding carboxylic acids is 3. The van der Waals surface area contributed by atoms with E-state index in [1.807, 2.05) is 0 Å². The Balaban J connectivity index is 2.32. The van der Waals surface area contributed by atoms with Crippen molar-refractivity contribution in [3.63, 3.8) is 0 Å². The Hall–Kier alpha value is -1.47. The van der Waals surface area contributed by atoms with E-state index in [-0.39, 0.29) is 12.1 Å². The van der Waals surface area contributed by atoms with Gasteiger partial charge in [-0.1, -0.05) is 0 Å². The Labute approximate surface area is 168 Å². The van der Waals surface area contributed by atoms with Gasteiger partial charge in [0.05, 0.1) is 0 Å². The summed E-state index contributed by atoms with van der Waals surface area (Å²) in [4.78, 5) is 39.5. The molecule has 0 radical (unpaired) electrons. The predicted molar refractivity (Wildman–Crippen MR) is 106 cm³/mol. The van der Waals surface area contributed by atoms with Crippen LogP contribution in [0.5, 0.6) is 0 Å². The van der Waals surface area contributed by atoms with Crippen molar-refractivity contribution in [1.82, 2.24) is 10.6 Å². The van der Waals surface area contributed by atoms with Gasteiger partial charge in [-0.2, -0.15) is 0 Å². The number of nitrogens with one attached hydrogen (secondary N) is 2. The average Bonchev–Trinajstić information content (AvgIpc) is 3.17. The Bertz CT molecular complexity index is 529. The second kappa shape index (κ2) is 8.91. The molecule has 2 unspecified atom stereocenters. The molecular weight excluding hydrogens is 360 g/mol. The van der Waals surface area contributed by atoms with Gasteiger partial charge in [-0.25, -0.2) is 0 Å². The van der Waals surface area contributed by atoms with Gasteiger partial charge >= 0.3 is 11.9 Å². The van der Waals surface area contributed by atoms with E-state index in [1.54, 1.807) is 41.5 Å². The highest BCUT2D eigenvalue weighted by molar-refractivity contribution is 6.09. The van der Waals surface area contributed by atoms with Crippen LogP contribution < -0.4 is 10.6 Å². The molecule has 4 atom stereocenters. The molecule has 0 aromatic rings. The van der Waals surface area contributed by atoms with Crippen LogP contribution in [0.25, 0.3) is 0 Å². The number of ether oxygens (including phenoxy) is 2. The zero-order chi connectivity index (χ0) is 21.1. The van der Waals surface area contributed by atoms with Gasteiger partial charge in [0.25, 0.3) is 0 Å². The molecule has 0 amide bonds. The summed E-state index contributed by atoms with van der Waals surface area (Å²) in [5.41, 5.74) is -1.41. The molecule has 0 saturated carbocycles. The van der Waals surface area contributed by atoms with Gasteiger partial charge in [0, 0.05) is 12.1 Å². The van der Waals surface area contributed by atoms with E-state index in [4.69, 9.17) is 9.47 Å². The Kier molecular flexibility index (Phi) is 7.26. The first-order valence-electron chi connectivity index (χ1n) is 10.4. The van der Waals surface area contributed by atoms with E-state index >= 15 is 0 Å². The molecule has 2 saturated heterocycles. The lowest BCUT2D eigenvalue weighted by Gasteiger charge is -2.31. The first-order valence-corrected chi connectivity index (χ1v) is 10.4. The summed E-state index contributed by atoms with van der Waals surface area (Å²) in [6.45, 7) is 12.1. The standard InChI is InChI=1S/C21H36N2O5/c1-20(2,3)27-18(25)15(13-9-7-11-22-13)17(24)16(14-10-8-12-23-14)19(26)28-21(4,5)6/h13-16,22-23H,7-12H2,1-6H3/t13?,14?,15-,16-/m0/s1. The highest BCUT2D eigenvalue weighted by atomic mass is 16.6. The van der Waals surface area contributed by atoms with Crippen molar-refractivity contribution in [2.45, 2.75) is 90.5 Å². The molecule has 2 heterocycles. The Morgan fingerprint density at radius 3 is 1.36 bits per heavy atom. The van der Waals surface area contributed by atoms with Crippen LogP contribution in [0.1, 0.15) is 67.2 Å². The maximum atomic E-state index is 13.6. The lowest BCUT2D eigenvalue weighted by Crippen LogP contribution is -2.52. The number of hydrogen-bond acceptors (Lipinski definition) is 7. The van der Waals surface area contributed by atoms with E-state index < -0.39 is 40.8 Å². The Morgan fingerprint density at radius 1 is 0.750 bits per heavy atom. The van der Waals surface area contributed by atoms with Crippen LogP contribution in [0.15, 0.2) is 0 Å². The summed E-state index contributed by atoms with van der Waals surface area (Å²) in [7, 11) is 0. The van der Waals surface area contributed by atoms with Crippen LogP contribution in [-0.4, -0.2) is 54.1 Å². The van der Waals surface area contributed by atoms with Crippen molar-refractivity contribution in [3.05, 3.63) is 0 Å². The highest BCUT2D eigenvalue weighted by Crippen LogP contribution is 2.28.